The van der Waals surface area contributed by atoms with Gasteiger partial charge in [0, 0.05) is 6.54 Å². The molecule has 10 heteroatoms. The number of nitrogens with one attached hydrogen (secondary N) is 1. The van der Waals surface area contributed by atoms with Gasteiger partial charge in [0.2, 0.25) is 5.91 Å². The van der Waals surface area contributed by atoms with E-state index in [1.807, 2.05) is 0 Å². The van der Waals surface area contributed by atoms with Crippen LogP contribution in [0.5, 0.6) is 0 Å². The molecule has 0 saturated heterocycles. The minimum atomic E-state index is -0.561. The second kappa shape index (κ2) is 7.44. The van der Waals surface area contributed by atoms with E-state index >= 15 is 0 Å². The largest absolute Gasteiger partial charge is 0.350 e. The standard InChI is InChI=1S/C16H14ClFN6O2/c1-10-19-6-12(7-20-10)23-9-22-24(16(23)26)8-15(25)21-5-11-2-3-13(17)14(18)4-11/h2-4,6-7,9H,5,8H2,1H3,(H,21,25). The van der Waals surface area contributed by atoms with Crippen molar-refractivity contribution < 1.29 is 9.18 Å². The SMILES string of the molecule is Cc1ncc(-n2cnn(CC(=O)NCc3ccc(Cl)c(F)c3)c2=O)cn1. The molecule has 2 heterocycles. The summed E-state index contributed by atoms with van der Waals surface area (Å²) in [4.78, 5) is 32.4. The van der Waals surface area contributed by atoms with Crippen LogP contribution in [0.3, 0.4) is 0 Å². The Bertz CT molecular complexity index is 999. The first-order valence-electron chi connectivity index (χ1n) is 7.58. The normalized spacial score (nSPS) is 10.7. The van der Waals surface area contributed by atoms with E-state index < -0.39 is 17.4 Å². The lowest BCUT2D eigenvalue weighted by Gasteiger charge is -2.06. The Morgan fingerprint density at radius 3 is 2.73 bits per heavy atom. The molecule has 2 aromatic heterocycles. The van der Waals surface area contributed by atoms with Gasteiger partial charge >= 0.3 is 5.69 Å². The maximum Gasteiger partial charge on any atom is 0.350 e. The summed E-state index contributed by atoms with van der Waals surface area (Å²) >= 11 is 5.61. The van der Waals surface area contributed by atoms with Crippen LogP contribution in [-0.2, 0) is 17.9 Å². The molecule has 1 amide bonds. The number of amides is 1. The van der Waals surface area contributed by atoms with Crippen molar-refractivity contribution in [3.05, 3.63) is 69.6 Å². The number of carbonyl (C=O) groups is 1. The molecule has 0 radical (unpaired) electrons. The van der Waals surface area contributed by atoms with Gasteiger partial charge in [0.05, 0.1) is 23.1 Å². The highest BCUT2D eigenvalue weighted by atomic mass is 35.5. The van der Waals surface area contributed by atoms with Crippen LogP contribution >= 0.6 is 11.6 Å². The van der Waals surface area contributed by atoms with Gasteiger partial charge in [-0.15, -0.1) is 0 Å². The Balaban J connectivity index is 1.65. The van der Waals surface area contributed by atoms with Crippen molar-refractivity contribution in [2.45, 2.75) is 20.0 Å². The average Bonchev–Trinajstić information content (AvgIpc) is 2.97. The summed E-state index contributed by atoms with van der Waals surface area (Å²) in [5.74, 6) is -0.422. The summed E-state index contributed by atoms with van der Waals surface area (Å²) < 4.78 is 15.6. The molecule has 3 rings (SSSR count). The van der Waals surface area contributed by atoms with Gasteiger partial charge in [-0.25, -0.2) is 28.4 Å². The zero-order valence-electron chi connectivity index (χ0n) is 13.7. The number of nitrogens with zero attached hydrogens (tertiary/aromatic N) is 5. The van der Waals surface area contributed by atoms with Gasteiger partial charge in [0.25, 0.3) is 0 Å². The van der Waals surface area contributed by atoms with Gasteiger partial charge in [-0.2, -0.15) is 5.10 Å². The highest BCUT2D eigenvalue weighted by molar-refractivity contribution is 6.30. The number of benzene rings is 1. The fourth-order valence-corrected chi connectivity index (χ4v) is 2.29. The van der Waals surface area contributed by atoms with Gasteiger partial charge < -0.3 is 5.32 Å². The molecule has 0 aliphatic carbocycles. The molecule has 0 spiro atoms. The molecular formula is C16H14ClFN6O2. The van der Waals surface area contributed by atoms with Gasteiger partial charge in [0.15, 0.2) is 0 Å². The monoisotopic (exact) mass is 376 g/mol. The highest BCUT2D eigenvalue weighted by Gasteiger charge is 2.11. The molecule has 0 atom stereocenters. The third-order valence-electron chi connectivity index (χ3n) is 3.55. The summed E-state index contributed by atoms with van der Waals surface area (Å²) in [5, 5.41) is 6.52. The fraction of sp³-hybridized carbons (Fsp3) is 0.188. The number of aryl methyl sites for hydroxylation is 1. The van der Waals surface area contributed by atoms with Crippen LogP contribution < -0.4 is 11.0 Å². The second-order valence-corrected chi connectivity index (χ2v) is 5.86. The van der Waals surface area contributed by atoms with Crippen LogP contribution in [0.4, 0.5) is 4.39 Å². The van der Waals surface area contributed by atoms with Gasteiger partial charge in [-0.05, 0) is 24.6 Å². The van der Waals surface area contributed by atoms with E-state index in [0.29, 0.717) is 17.1 Å². The maximum atomic E-state index is 13.4. The highest BCUT2D eigenvalue weighted by Crippen LogP contribution is 2.15. The van der Waals surface area contributed by atoms with E-state index in [0.717, 1.165) is 4.68 Å². The van der Waals surface area contributed by atoms with Gasteiger partial charge in [-0.1, -0.05) is 17.7 Å². The maximum absolute atomic E-state index is 13.4. The first kappa shape index (κ1) is 17.7. The van der Waals surface area contributed by atoms with E-state index in [2.05, 4.69) is 20.4 Å². The van der Waals surface area contributed by atoms with Crippen molar-refractivity contribution in [3.63, 3.8) is 0 Å². The number of hydrogen-bond acceptors (Lipinski definition) is 5. The fourth-order valence-electron chi connectivity index (χ4n) is 2.18. The van der Waals surface area contributed by atoms with Crippen LogP contribution in [0.2, 0.25) is 5.02 Å². The number of carbonyl (C=O) groups excluding carboxylic acids is 1. The van der Waals surface area contributed by atoms with E-state index in [1.165, 1.54) is 35.4 Å². The van der Waals surface area contributed by atoms with E-state index in [4.69, 9.17) is 11.6 Å². The molecule has 0 bridgehead atoms. The minimum absolute atomic E-state index is 0.0113. The molecule has 0 fully saturated rings. The third kappa shape index (κ3) is 3.94. The second-order valence-electron chi connectivity index (χ2n) is 5.45. The van der Waals surface area contributed by atoms with E-state index in [-0.39, 0.29) is 18.1 Å². The summed E-state index contributed by atoms with van der Waals surface area (Å²) in [7, 11) is 0. The summed E-state index contributed by atoms with van der Waals surface area (Å²) in [6.45, 7) is 1.57. The van der Waals surface area contributed by atoms with Crippen LogP contribution in [0.15, 0.2) is 41.7 Å². The Hall–Kier alpha value is -3.07. The van der Waals surface area contributed by atoms with Crippen LogP contribution in [-0.4, -0.2) is 30.2 Å². The predicted octanol–water partition coefficient (Wildman–Crippen LogP) is 1.24. The average molecular weight is 377 g/mol. The number of rotatable bonds is 5. The van der Waals surface area contributed by atoms with Crippen molar-refractivity contribution in [2.75, 3.05) is 0 Å². The van der Waals surface area contributed by atoms with Gasteiger partial charge in [0.1, 0.15) is 24.5 Å². The molecule has 0 aliphatic rings. The molecule has 3 aromatic rings. The first-order valence-corrected chi connectivity index (χ1v) is 7.96. The number of aromatic nitrogens is 5. The first-order chi connectivity index (χ1) is 12.4. The Labute approximate surface area is 152 Å². The van der Waals surface area contributed by atoms with Crippen LogP contribution in [0.1, 0.15) is 11.4 Å². The zero-order valence-corrected chi connectivity index (χ0v) is 14.4. The van der Waals surface area contributed by atoms with E-state index in [1.54, 1.807) is 13.0 Å². The Morgan fingerprint density at radius 1 is 1.31 bits per heavy atom. The summed E-state index contributed by atoms with van der Waals surface area (Å²) in [5.41, 5.74) is 0.504. The van der Waals surface area contributed by atoms with Crippen molar-refractivity contribution in [2.24, 2.45) is 0 Å². The molecule has 0 unspecified atom stereocenters. The predicted molar refractivity (Wildman–Crippen MR) is 91.4 cm³/mol. The molecule has 1 N–H and O–H groups in total. The van der Waals surface area contributed by atoms with Crippen molar-refractivity contribution >= 4 is 17.5 Å². The Kier molecular flexibility index (Phi) is 5.08. The molecule has 0 saturated carbocycles. The molecule has 1 aromatic carbocycles. The van der Waals surface area contributed by atoms with Crippen LogP contribution in [0, 0.1) is 12.7 Å². The summed E-state index contributed by atoms with van der Waals surface area (Å²) in [6, 6.07) is 4.25. The minimum Gasteiger partial charge on any atom is -0.350 e. The molecule has 134 valence electrons. The molecule has 0 aliphatic heterocycles. The lowest BCUT2D eigenvalue weighted by molar-refractivity contribution is -0.122. The van der Waals surface area contributed by atoms with Crippen molar-refractivity contribution in [3.8, 4) is 5.69 Å². The number of hydrogen-bond donors (Lipinski definition) is 1. The molecule has 26 heavy (non-hydrogen) atoms. The Morgan fingerprint density at radius 2 is 2.04 bits per heavy atom. The lowest BCUT2D eigenvalue weighted by Crippen LogP contribution is -2.33. The quantitative estimate of drug-likeness (QED) is 0.723. The molecular weight excluding hydrogens is 363 g/mol. The van der Waals surface area contributed by atoms with Gasteiger partial charge in [-0.3, -0.25) is 4.79 Å². The van der Waals surface area contributed by atoms with Crippen molar-refractivity contribution in [1.29, 1.82) is 0 Å². The van der Waals surface area contributed by atoms with E-state index in [9.17, 15) is 14.0 Å². The topological polar surface area (TPSA) is 94.7 Å². The summed E-state index contributed by atoms with van der Waals surface area (Å²) in [6.07, 6.45) is 4.27. The van der Waals surface area contributed by atoms with Crippen molar-refractivity contribution in [1.82, 2.24) is 29.6 Å². The third-order valence-corrected chi connectivity index (χ3v) is 3.85. The molecule has 8 nitrogen and oxygen atoms in total. The zero-order chi connectivity index (χ0) is 18.7. The lowest BCUT2D eigenvalue weighted by atomic mass is 10.2. The number of halogens is 2. The van der Waals surface area contributed by atoms with Crippen LogP contribution in [0.25, 0.3) is 5.69 Å². The smallest absolute Gasteiger partial charge is 0.350 e.